The quantitative estimate of drug-likeness (QED) is 0.596. The molecular formula is C23H26N2O3S. The van der Waals surface area contributed by atoms with Crippen LogP contribution < -0.4 is 9.47 Å². The number of fused-ring (bicyclic) bond motifs is 1. The van der Waals surface area contributed by atoms with Crippen LogP contribution in [0.1, 0.15) is 5.56 Å². The number of methoxy groups -OCH3 is 1. The zero-order chi connectivity index (χ0) is 20.1. The number of rotatable bonds is 7. The van der Waals surface area contributed by atoms with E-state index in [0.717, 1.165) is 49.8 Å². The van der Waals surface area contributed by atoms with Gasteiger partial charge >= 0.3 is 0 Å². The second kappa shape index (κ2) is 9.29. The Bertz CT molecular complexity index is 946. The maximum absolute atomic E-state index is 12.7. The molecule has 1 fully saturated rings. The Morgan fingerprint density at radius 3 is 2.48 bits per heavy atom. The largest absolute Gasteiger partial charge is 0.497 e. The highest BCUT2D eigenvalue weighted by Gasteiger charge is 2.21. The fraction of sp³-hybridized carbons (Fsp3) is 0.348. The molecule has 1 saturated heterocycles. The molecule has 0 radical (unpaired) electrons. The van der Waals surface area contributed by atoms with Gasteiger partial charge in [-0.3, -0.25) is 9.69 Å². The van der Waals surface area contributed by atoms with E-state index in [9.17, 15) is 4.79 Å². The van der Waals surface area contributed by atoms with Crippen molar-refractivity contribution >= 4 is 27.3 Å². The number of thiophene rings is 1. The van der Waals surface area contributed by atoms with Crippen molar-refractivity contribution in [2.75, 3.05) is 46.4 Å². The maximum Gasteiger partial charge on any atom is 0.227 e. The molecule has 4 rings (SSSR count). The van der Waals surface area contributed by atoms with Crippen molar-refractivity contribution in [2.45, 2.75) is 6.42 Å². The first-order chi connectivity index (χ1) is 14.2. The summed E-state index contributed by atoms with van der Waals surface area (Å²) in [4.78, 5) is 17.1. The number of ether oxygens (including phenoxy) is 2. The summed E-state index contributed by atoms with van der Waals surface area (Å²) in [6.07, 6.45) is 0.491. The van der Waals surface area contributed by atoms with Crippen LogP contribution in [-0.4, -0.2) is 62.1 Å². The summed E-state index contributed by atoms with van der Waals surface area (Å²) in [7, 11) is 1.66. The number of nitrogens with zero attached hydrogens (tertiary/aromatic N) is 2. The molecule has 0 saturated carbocycles. The zero-order valence-corrected chi connectivity index (χ0v) is 17.5. The molecule has 0 N–H and O–H groups in total. The molecule has 5 nitrogen and oxygen atoms in total. The van der Waals surface area contributed by atoms with E-state index in [-0.39, 0.29) is 5.91 Å². The van der Waals surface area contributed by atoms with Gasteiger partial charge in [-0.2, -0.15) is 0 Å². The van der Waals surface area contributed by atoms with Gasteiger partial charge in [-0.1, -0.05) is 18.2 Å². The number of amides is 1. The highest BCUT2D eigenvalue weighted by Crippen LogP contribution is 2.26. The van der Waals surface area contributed by atoms with Crippen LogP contribution in [0.3, 0.4) is 0 Å². The summed E-state index contributed by atoms with van der Waals surface area (Å²) in [5.74, 6) is 1.90. The SMILES string of the molecule is COc1ccc(OCCN2CCN(C(=O)Cc3csc4ccccc34)CC2)cc1. The van der Waals surface area contributed by atoms with Crippen molar-refractivity contribution in [1.82, 2.24) is 9.80 Å². The molecule has 152 valence electrons. The molecule has 0 bridgehead atoms. The van der Waals surface area contributed by atoms with E-state index in [1.165, 1.54) is 10.1 Å². The van der Waals surface area contributed by atoms with Crippen LogP contribution in [0.25, 0.3) is 10.1 Å². The molecule has 1 amide bonds. The van der Waals surface area contributed by atoms with Crippen LogP contribution >= 0.6 is 11.3 Å². The first-order valence-electron chi connectivity index (χ1n) is 9.95. The van der Waals surface area contributed by atoms with Crippen LogP contribution in [0.4, 0.5) is 0 Å². The predicted octanol–water partition coefficient (Wildman–Crippen LogP) is 3.68. The van der Waals surface area contributed by atoms with Crippen molar-refractivity contribution in [3.8, 4) is 11.5 Å². The second-order valence-electron chi connectivity index (χ2n) is 7.18. The van der Waals surface area contributed by atoms with Crippen molar-refractivity contribution in [3.63, 3.8) is 0 Å². The van der Waals surface area contributed by atoms with E-state index >= 15 is 0 Å². The van der Waals surface area contributed by atoms with Gasteiger partial charge in [0.25, 0.3) is 0 Å². The standard InChI is InChI=1S/C23H26N2O3S/c1-27-19-6-8-20(9-7-19)28-15-14-24-10-12-25(13-11-24)23(26)16-18-17-29-22-5-3-2-4-21(18)22/h2-9,17H,10-16H2,1H3. The second-order valence-corrected chi connectivity index (χ2v) is 8.09. The van der Waals surface area contributed by atoms with Gasteiger partial charge in [0.2, 0.25) is 5.91 Å². The lowest BCUT2D eigenvalue weighted by Gasteiger charge is -2.34. The number of hydrogen-bond donors (Lipinski definition) is 0. The zero-order valence-electron chi connectivity index (χ0n) is 16.7. The fourth-order valence-electron chi connectivity index (χ4n) is 3.63. The van der Waals surface area contributed by atoms with Crippen molar-refractivity contribution in [3.05, 3.63) is 59.5 Å². The first kappa shape index (κ1) is 19.7. The molecule has 1 aromatic heterocycles. The summed E-state index contributed by atoms with van der Waals surface area (Å²) in [5.41, 5.74) is 1.14. The lowest BCUT2D eigenvalue weighted by Crippen LogP contribution is -2.49. The first-order valence-corrected chi connectivity index (χ1v) is 10.8. The molecule has 0 unspecified atom stereocenters. The van der Waals surface area contributed by atoms with Gasteiger partial charge < -0.3 is 14.4 Å². The highest BCUT2D eigenvalue weighted by atomic mass is 32.1. The molecule has 0 spiro atoms. The van der Waals surface area contributed by atoms with Gasteiger partial charge in [0, 0.05) is 37.4 Å². The van der Waals surface area contributed by atoms with Gasteiger partial charge in [-0.15, -0.1) is 11.3 Å². The Balaban J connectivity index is 1.21. The van der Waals surface area contributed by atoms with E-state index < -0.39 is 0 Å². The number of benzene rings is 2. The van der Waals surface area contributed by atoms with Crippen LogP contribution in [0.2, 0.25) is 0 Å². The predicted molar refractivity (Wildman–Crippen MR) is 117 cm³/mol. The van der Waals surface area contributed by atoms with Gasteiger partial charge in [-0.05, 0) is 46.7 Å². The molecule has 0 atom stereocenters. The molecule has 29 heavy (non-hydrogen) atoms. The van der Waals surface area contributed by atoms with Gasteiger partial charge in [0.05, 0.1) is 13.5 Å². The maximum atomic E-state index is 12.7. The minimum Gasteiger partial charge on any atom is -0.497 e. The van der Waals surface area contributed by atoms with Gasteiger partial charge in [-0.25, -0.2) is 0 Å². The van der Waals surface area contributed by atoms with E-state index in [1.54, 1.807) is 18.4 Å². The van der Waals surface area contributed by atoms with Crippen molar-refractivity contribution in [2.24, 2.45) is 0 Å². The number of piperazine rings is 1. The summed E-state index contributed by atoms with van der Waals surface area (Å²) in [5, 5.41) is 3.33. The van der Waals surface area contributed by atoms with E-state index in [4.69, 9.17) is 9.47 Å². The van der Waals surface area contributed by atoms with Crippen LogP contribution in [0, 0.1) is 0 Å². The minimum absolute atomic E-state index is 0.225. The van der Waals surface area contributed by atoms with E-state index in [1.807, 2.05) is 41.3 Å². The van der Waals surface area contributed by atoms with Crippen LogP contribution in [-0.2, 0) is 11.2 Å². The lowest BCUT2D eigenvalue weighted by molar-refractivity contribution is -0.132. The Labute approximate surface area is 175 Å². The third kappa shape index (κ3) is 4.89. The Morgan fingerprint density at radius 1 is 1.00 bits per heavy atom. The summed E-state index contributed by atoms with van der Waals surface area (Å²) in [6, 6.07) is 15.9. The summed E-state index contributed by atoms with van der Waals surface area (Å²) >= 11 is 1.71. The molecule has 1 aliphatic rings. The van der Waals surface area contributed by atoms with Gasteiger partial charge in [0.15, 0.2) is 0 Å². The third-order valence-electron chi connectivity index (χ3n) is 5.36. The topological polar surface area (TPSA) is 42.0 Å². The highest BCUT2D eigenvalue weighted by molar-refractivity contribution is 7.17. The number of carbonyl (C=O) groups is 1. The minimum atomic E-state index is 0.225. The molecule has 3 aromatic rings. The number of carbonyl (C=O) groups excluding carboxylic acids is 1. The molecule has 2 aromatic carbocycles. The normalized spacial score (nSPS) is 14.9. The van der Waals surface area contributed by atoms with Crippen LogP contribution in [0.5, 0.6) is 11.5 Å². The Morgan fingerprint density at radius 2 is 1.72 bits per heavy atom. The average Bonchev–Trinajstić information content (AvgIpc) is 3.17. The molecule has 0 aliphatic carbocycles. The molecule has 6 heteroatoms. The third-order valence-corrected chi connectivity index (χ3v) is 6.38. The monoisotopic (exact) mass is 410 g/mol. The molecular weight excluding hydrogens is 384 g/mol. The van der Waals surface area contributed by atoms with Crippen molar-refractivity contribution in [1.29, 1.82) is 0 Å². The van der Waals surface area contributed by atoms with E-state index in [0.29, 0.717) is 13.0 Å². The van der Waals surface area contributed by atoms with Gasteiger partial charge in [0.1, 0.15) is 18.1 Å². The summed E-state index contributed by atoms with van der Waals surface area (Å²) in [6.45, 7) is 4.85. The molecule has 1 aliphatic heterocycles. The molecule has 2 heterocycles. The lowest BCUT2D eigenvalue weighted by atomic mass is 10.1. The smallest absolute Gasteiger partial charge is 0.227 e. The fourth-order valence-corrected chi connectivity index (χ4v) is 4.59. The summed E-state index contributed by atoms with van der Waals surface area (Å²) < 4.78 is 12.2. The Kier molecular flexibility index (Phi) is 6.32. The number of hydrogen-bond acceptors (Lipinski definition) is 5. The van der Waals surface area contributed by atoms with Crippen molar-refractivity contribution < 1.29 is 14.3 Å². The van der Waals surface area contributed by atoms with Crippen LogP contribution in [0.15, 0.2) is 53.9 Å². The van der Waals surface area contributed by atoms with E-state index in [2.05, 4.69) is 22.4 Å². The Hall–Kier alpha value is -2.57. The average molecular weight is 411 g/mol.